The number of nitrogens with zero attached hydrogens (tertiary/aromatic N) is 2. The van der Waals surface area contributed by atoms with Crippen molar-refractivity contribution in [1.82, 2.24) is 0 Å². The van der Waals surface area contributed by atoms with Gasteiger partial charge >= 0.3 is 0 Å². The van der Waals surface area contributed by atoms with Gasteiger partial charge < -0.3 is 5.32 Å². The first-order chi connectivity index (χ1) is 9.92. The first-order valence-electron chi connectivity index (χ1n) is 6.44. The second-order valence-electron chi connectivity index (χ2n) is 4.84. The lowest BCUT2D eigenvalue weighted by molar-refractivity contribution is -0.385. The highest BCUT2D eigenvalue weighted by atomic mass is 32.1. The number of hydrogen-bond donors (Lipinski definition) is 1. The maximum atomic E-state index is 10.8. The lowest BCUT2D eigenvalue weighted by Gasteiger charge is -2.15. The maximum absolute atomic E-state index is 10.8. The molecular weight excluding hydrogens is 286 g/mol. The molecule has 1 aromatic heterocycles. The van der Waals surface area contributed by atoms with E-state index in [1.54, 1.807) is 17.4 Å². The molecule has 0 aliphatic carbocycles. The van der Waals surface area contributed by atoms with E-state index in [1.807, 2.05) is 13.0 Å². The third kappa shape index (κ3) is 3.20. The molecule has 1 atom stereocenters. The van der Waals surface area contributed by atoms with E-state index in [2.05, 4.69) is 25.2 Å². The highest BCUT2D eigenvalue weighted by molar-refractivity contribution is 7.12. The molecule has 0 amide bonds. The second kappa shape index (κ2) is 5.94. The van der Waals surface area contributed by atoms with Gasteiger partial charge in [0.15, 0.2) is 0 Å². The van der Waals surface area contributed by atoms with E-state index in [0.717, 1.165) is 0 Å². The maximum Gasteiger partial charge on any atom is 0.287 e. The van der Waals surface area contributed by atoms with Crippen LogP contribution < -0.4 is 5.32 Å². The van der Waals surface area contributed by atoms with Crippen LogP contribution in [0.5, 0.6) is 0 Å². The molecule has 5 nitrogen and oxygen atoms in total. The van der Waals surface area contributed by atoms with E-state index in [0.29, 0.717) is 5.69 Å². The summed E-state index contributed by atoms with van der Waals surface area (Å²) in [6, 6.07) is 8.58. The quantitative estimate of drug-likeness (QED) is 0.673. The standard InChI is InChI=1S/C15H15N3O2S/c1-9-6-14(11(3)21-9)10(2)17-13-4-5-15(18(19)20)12(7-13)8-16/h4-7,10,17H,1-3H3. The minimum Gasteiger partial charge on any atom is -0.378 e. The minimum atomic E-state index is -0.544. The fourth-order valence-corrected chi connectivity index (χ4v) is 3.31. The topological polar surface area (TPSA) is 79.0 Å². The number of thiophene rings is 1. The summed E-state index contributed by atoms with van der Waals surface area (Å²) in [6.45, 7) is 6.16. The highest BCUT2D eigenvalue weighted by Crippen LogP contribution is 2.30. The molecule has 0 aliphatic rings. The number of hydrogen-bond acceptors (Lipinski definition) is 5. The number of aryl methyl sites for hydroxylation is 2. The number of nitro benzene ring substituents is 1. The van der Waals surface area contributed by atoms with Crippen LogP contribution in [0.25, 0.3) is 0 Å². The molecule has 2 rings (SSSR count). The Morgan fingerprint density at radius 2 is 2.10 bits per heavy atom. The van der Waals surface area contributed by atoms with Crippen molar-refractivity contribution in [3.63, 3.8) is 0 Å². The average molecular weight is 301 g/mol. The van der Waals surface area contributed by atoms with Crippen LogP contribution >= 0.6 is 11.3 Å². The molecule has 0 fully saturated rings. The smallest absolute Gasteiger partial charge is 0.287 e. The van der Waals surface area contributed by atoms with E-state index in [9.17, 15) is 10.1 Å². The molecule has 1 N–H and O–H groups in total. The van der Waals surface area contributed by atoms with E-state index < -0.39 is 4.92 Å². The van der Waals surface area contributed by atoms with Crippen molar-refractivity contribution < 1.29 is 4.92 Å². The van der Waals surface area contributed by atoms with Crippen molar-refractivity contribution in [2.45, 2.75) is 26.8 Å². The number of anilines is 1. The van der Waals surface area contributed by atoms with Crippen LogP contribution in [0.4, 0.5) is 11.4 Å². The Morgan fingerprint density at radius 1 is 1.38 bits per heavy atom. The monoisotopic (exact) mass is 301 g/mol. The molecular formula is C15H15N3O2S. The van der Waals surface area contributed by atoms with Gasteiger partial charge in [0.25, 0.3) is 5.69 Å². The minimum absolute atomic E-state index is 0.0652. The van der Waals surface area contributed by atoms with Gasteiger partial charge in [-0.25, -0.2) is 0 Å². The van der Waals surface area contributed by atoms with Crippen LogP contribution in [0, 0.1) is 35.3 Å². The molecule has 0 radical (unpaired) electrons. The molecule has 0 spiro atoms. The molecule has 0 aliphatic heterocycles. The Hall–Kier alpha value is -2.39. The molecule has 0 saturated carbocycles. The van der Waals surface area contributed by atoms with E-state index in [4.69, 9.17) is 5.26 Å². The summed E-state index contributed by atoms with van der Waals surface area (Å²) in [4.78, 5) is 12.8. The van der Waals surface area contributed by atoms with Gasteiger partial charge in [-0.05, 0) is 44.5 Å². The zero-order valence-electron chi connectivity index (χ0n) is 12.0. The molecule has 6 heteroatoms. The fourth-order valence-electron chi connectivity index (χ4n) is 2.28. The number of nitrogens with one attached hydrogen (secondary N) is 1. The second-order valence-corrected chi connectivity index (χ2v) is 6.30. The van der Waals surface area contributed by atoms with E-state index in [-0.39, 0.29) is 17.3 Å². The lowest BCUT2D eigenvalue weighted by atomic mass is 10.1. The lowest BCUT2D eigenvalue weighted by Crippen LogP contribution is -2.07. The number of benzene rings is 1. The molecule has 1 heterocycles. The van der Waals surface area contributed by atoms with Crippen molar-refractivity contribution >= 4 is 22.7 Å². The Labute approximate surface area is 127 Å². The van der Waals surface area contributed by atoms with E-state index in [1.165, 1.54) is 27.5 Å². The predicted molar refractivity (Wildman–Crippen MR) is 83.6 cm³/mol. The van der Waals surface area contributed by atoms with Crippen LogP contribution in [0.1, 0.15) is 33.8 Å². The Morgan fingerprint density at radius 3 is 2.62 bits per heavy atom. The zero-order valence-corrected chi connectivity index (χ0v) is 12.8. The van der Waals surface area contributed by atoms with Crippen LogP contribution in [-0.2, 0) is 0 Å². The third-order valence-electron chi connectivity index (χ3n) is 3.24. The largest absolute Gasteiger partial charge is 0.378 e. The number of rotatable bonds is 4. The van der Waals surface area contributed by atoms with Gasteiger partial charge in [-0.1, -0.05) is 0 Å². The molecule has 0 saturated heterocycles. The summed E-state index contributed by atoms with van der Waals surface area (Å²) in [5.74, 6) is 0. The molecule has 21 heavy (non-hydrogen) atoms. The molecule has 1 aromatic carbocycles. The normalized spacial score (nSPS) is 11.7. The first kappa shape index (κ1) is 15.0. The molecule has 108 valence electrons. The SMILES string of the molecule is Cc1cc(C(C)Nc2ccc([N+](=O)[O-])c(C#N)c2)c(C)s1. The highest BCUT2D eigenvalue weighted by Gasteiger charge is 2.16. The summed E-state index contributed by atoms with van der Waals surface area (Å²) < 4.78 is 0. The van der Waals surface area contributed by atoms with Crippen molar-refractivity contribution in [2.75, 3.05) is 5.32 Å². The average Bonchev–Trinajstić information content (AvgIpc) is 2.77. The first-order valence-corrected chi connectivity index (χ1v) is 7.26. The Kier molecular flexibility index (Phi) is 4.24. The third-order valence-corrected chi connectivity index (χ3v) is 4.22. The molecule has 1 unspecified atom stereocenters. The van der Waals surface area contributed by atoms with Gasteiger partial charge in [-0.2, -0.15) is 5.26 Å². The van der Waals surface area contributed by atoms with Crippen molar-refractivity contribution in [3.8, 4) is 6.07 Å². The summed E-state index contributed by atoms with van der Waals surface area (Å²) >= 11 is 1.74. The summed E-state index contributed by atoms with van der Waals surface area (Å²) in [6.07, 6.45) is 0. The Balaban J connectivity index is 2.26. The molecule has 2 aromatic rings. The van der Waals surface area contributed by atoms with Gasteiger partial charge in [0.1, 0.15) is 11.6 Å². The van der Waals surface area contributed by atoms with Crippen molar-refractivity contribution in [3.05, 3.63) is 55.3 Å². The summed E-state index contributed by atoms with van der Waals surface area (Å²) in [7, 11) is 0. The van der Waals surface area contributed by atoms with Crippen molar-refractivity contribution in [1.29, 1.82) is 5.26 Å². The van der Waals surface area contributed by atoms with Gasteiger partial charge in [-0.3, -0.25) is 10.1 Å². The number of nitro groups is 1. The van der Waals surface area contributed by atoms with Crippen LogP contribution in [0.15, 0.2) is 24.3 Å². The van der Waals surface area contributed by atoms with Crippen LogP contribution in [0.2, 0.25) is 0 Å². The van der Waals surface area contributed by atoms with E-state index >= 15 is 0 Å². The van der Waals surface area contributed by atoms with Crippen LogP contribution in [0.3, 0.4) is 0 Å². The predicted octanol–water partition coefficient (Wildman–Crippen LogP) is 4.32. The number of nitriles is 1. The van der Waals surface area contributed by atoms with Crippen molar-refractivity contribution in [2.24, 2.45) is 0 Å². The summed E-state index contributed by atoms with van der Waals surface area (Å²) in [5, 5.41) is 23.1. The Bertz CT molecular complexity index is 731. The van der Waals surface area contributed by atoms with Gasteiger partial charge in [0.05, 0.1) is 4.92 Å². The summed E-state index contributed by atoms with van der Waals surface area (Å²) in [5.41, 5.74) is 1.80. The van der Waals surface area contributed by atoms with Gasteiger partial charge in [-0.15, -0.1) is 11.3 Å². The zero-order chi connectivity index (χ0) is 15.6. The fraction of sp³-hybridized carbons (Fsp3) is 0.267. The van der Waals surface area contributed by atoms with Gasteiger partial charge in [0.2, 0.25) is 0 Å². The van der Waals surface area contributed by atoms with Gasteiger partial charge in [0, 0.05) is 27.5 Å². The van der Waals surface area contributed by atoms with Crippen LogP contribution in [-0.4, -0.2) is 4.92 Å². The molecule has 0 bridgehead atoms.